The van der Waals surface area contributed by atoms with Gasteiger partial charge in [0.1, 0.15) is 5.82 Å². The number of hydrogen-bond acceptors (Lipinski definition) is 5. The molecular formula is C16H17ClFN5O. The highest BCUT2D eigenvalue weighted by molar-refractivity contribution is 6.29. The average molecular weight is 350 g/mol. The minimum absolute atomic E-state index is 0.128. The highest BCUT2D eigenvalue weighted by atomic mass is 35.5. The monoisotopic (exact) mass is 349 g/mol. The molecule has 1 saturated heterocycles. The van der Waals surface area contributed by atoms with Crippen molar-refractivity contribution in [3.63, 3.8) is 0 Å². The highest BCUT2D eigenvalue weighted by Gasteiger charge is 2.24. The zero-order valence-electron chi connectivity index (χ0n) is 12.9. The lowest BCUT2D eigenvalue weighted by Gasteiger charge is -2.34. The zero-order valence-corrected chi connectivity index (χ0v) is 13.6. The fourth-order valence-electron chi connectivity index (χ4n) is 2.81. The third-order valence-electron chi connectivity index (χ3n) is 4.04. The average Bonchev–Trinajstić information content (AvgIpc) is 2.58. The number of amides is 1. The Morgan fingerprint density at radius 1 is 1.29 bits per heavy atom. The maximum Gasteiger partial charge on any atom is 0.252 e. The molecule has 0 radical (unpaired) electrons. The summed E-state index contributed by atoms with van der Waals surface area (Å²) in [5, 5.41) is 11.2. The van der Waals surface area contributed by atoms with Crippen LogP contribution in [-0.4, -0.2) is 35.2 Å². The Labute approximate surface area is 143 Å². The number of carbonyl (C=O) groups is 1. The van der Waals surface area contributed by atoms with Gasteiger partial charge in [-0.1, -0.05) is 23.7 Å². The number of aromatic nitrogens is 2. The Bertz CT molecular complexity index is 749. The molecule has 24 heavy (non-hydrogen) atoms. The first kappa shape index (κ1) is 16.4. The van der Waals surface area contributed by atoms with Gasteiger partial charge >= 0.3 is 0 Å². The van der Waals surface area contributed by atoms with Gasteiger partial charge in [0, 0.05) is 19.1 Å². The van der Waals surface area contributed by atoms with Crippen LogP contribution in [0.1, 0.15) is 23.2 Å². The van der Waals surface area contributed by atoms with Gasteiger partial charge in [-0.25, -0.2) is 4.39 Å². The molecule has 126 valence electrons. The second kappa shape index (κ2) is 7.00. The van der Waals surface area contributed by atoms with Gasteiger partial charge in [-0.05, 0) is 31.0 Å². The molecule has 2 aromatic rings. The number of anilines is 2. The minimum atomic E-state index is -0.589. The number of rotatable bonds is 4. The van der Waals surface area contributed by atoms with Crippen molar-refractivity contribution < 1.29 is 9.18 Å². The second-order valence-corrected chi connectivity index (χ2v) is 6.04. The molecule has 6 nitrogen and oxygen atoms in total. The van der Waals surface area contributed by atoms with Gasteiger partial charge in [-0.3, -0.25) is 4.79 Å². The van der Waals surface area contributed by atoms with Gasteiger partial charge in [0.2, 0.25) is 0 Å². The third-order valence-corrected chi connectivity index (χ3v) is 4.22. The van der Waals surface area contributed by atoms with Crippen molar-refractivity contribution in [2.75, 3.05) is 23.3 Å². The number of halogens is 2. The van der Waals surface area contributed by atoms with Crippen LogP contribution < -0.4 is 16.0 Å². The van der Waals surface area contributed by atoms with Crippen LogP contribution in [0.25, 0.3) is 0 Å². The minimum Gasteiger partial charge on any atom is -0.380 e. The summed E-state index contributed by atoms with van der Waals surface area (Å²) in [7, 11) is 0. The van der Waals surface area contributed by atoms with Crippen molar-refractivity contribution in [1.82, 2.24) is 10.2 Å². The molecular weight excluding hydrogens is 333 g/mol. The van der Waals surface area contributed by atoms with Gasteiger partial charge in [-0.2, -0.15) is 0 Å². The van der Waals surface area contributed by atoms with Crippen molar-refractivity contribution >= 4 is 29.0 Å². The van der Waals surface area contributed by atoms with Gasteiger partial charge < -0.3 is 16.0 Å². The van der Waals surface area contributed by atoms with Crippen molar-refractivity contribution in [3.8, 4) is 0 Å². The molecule has 1 aliphatic rings. The number of para-hydroxylation sites is 1. The largest absolute Gasteiger partial charge is 0.380 e. The lowest BCUT2D eigenvalue weighted by atomic mass is 10.0. The summed E-state index contributed by atoms with van der Waals surface area (Å²) >= 11 is 5.78. The number of nitrogens with zero attached hydrogens (tertiary/aromatic N) is 3. The van der Waals surface area contributed by atoms with E-state index in [2.05, 4.69) is 15.5 Å². The number of nitrogens with two attached hydrogens (primary N) is 1. The molecule has 1 amide bonds. The van der Waals surface area contributed by atoms with E-state index in [4.69, 9.17) is 17.3 Å². The fourth-order valence-corrected chi connectivity index (χ4v) is 2.96. The Morgan fingerprint density at radius 2 is 2.00 bits per heavy atom. The molecule has 0 atom stereocenters. The molecule has 3 N–H and O–H groups in total. The fraction of sp³-hybridized carbons (Fsp3) is 0.312. The summed E-state index contributed by atoms with van der Waals surface area (Å²) in [5.41, 5.74) is 6.15. The quantitative estimate of drug-likeness (QED) is 0.885. The smallest absolute Gasteiger partial charge is 0.252 e. The van der Waals surface area contributed by atoms with Crippen LogP contribution >= 0.6 is 11.6 Å². The number of piperidine rings is 1. The van der Waals surface area contributed by atoms with Crippen LogP contribution in [0.15, 0.2) is 30.3 Å². The van der Waals surface area contributed by atoms with Crippen LogP contribution in [0.5, 0.6) is 0 Å². The molecule has 1 aromatic carbocycles. The van der Waals surface area contributed by atoms with Crippen molar-refractivity contribution in [1.29, 1.82) is 0 Å². The topological polar surface area (TPSA) is 84.1 Å². The SMILES string of the molecule is NC(=O)c1cc(Cl)nnc1N1CCC(Nc2ccccc2F)CC1. The van der Waals surface area contributed by atoms with Crippen molar-refractivity contribution in [2.24, 2.45) is 5.73 Å². The van der Waals surface area contributed by atoms with Gasteiger partial charge in [-0.15, -0.1) is 10.2 Å². The van der Waals surface area contributed by atoms with Gasteiger partial charge in [0.25, 0.3) is 5.91 Å². The van der Waals surface area contributed by atoms with E-state index in [1.165, 1.54) is 12.1 Å². The Morgan fingerprint density at radius 3 is 2.67 bits per heavy atom. The van der Waals surface area contributed by atoms with Gasteiger partial charge in [0.15, 0.2) is 11.0 Å². The van der Waals surface area contributed by atoms with E-state index < -0.39 is 5.91 Å². The molecule has 0 saturated carbocycles. The Balaban J connectivity index is 1.67. The normalized spacial score (nSPS) is 15.3. The molecule has 0 aliphatic carbocycles. The van der Waals surface area contributed by atoms with E-state index >= 15 is 0 Å². The first-order valence-electron chi connectivity index (χ1n) is 7.63. The van der Waals surface area contributed by atoms with Crippen molar-refractivity contribution in [3.05, 3.63) is 46.9 Å². The number of benzene rings is 1. The lowest BCUT2D eigenvalue weighted by Crippen LogP contribution is -2.40. The third kappa shape index (κ3) is 3.56. The van der Waals surface area contributed by atoms with Crippen LogP contribution in [-0.2, 0) is 0 Å². The Kier molecular flexibility index (Phi) is 4.80. The van der Waals surface area contributed by atoms with E-state index in [-0.39, 0.29) is 22.6 Å². The van der Waals surface area contributed by atoms with E-state index in [0.29, 0.717) is 24.6 Å². The van der Waals surface area contributed by atoms with Crippen LogP contribution in [0.3, 0.4) is 0 Å². The predicted octanol–water partition coefficient (Wildman–Crippen LogP) is 2.45. The summed E-state index contributed by atoms with van der Waals surface area (Å²) in [6.45, 7) is 1.31. The molecule has 1 fully saturated rings. The van der Waals surface area contributed by atoms with E-state index in [0.717, 1.165) is 12.8 Å². The number of hydrogen-bond donors (Lipinski definition) is 2. The molecule has 1 aliphatic heterocycles. The first-order chi connectivity index (χ1) is 11.5. The number of primary amides is 1. The molecule has 8 heteroatoms. The van der Waals surface area contributed by atoms with Crippen LogP contribution in [0.2, 0.25) is 5.15 Å². The molecule has 3 rings (SSSR count). The summed E-state index contributed by atoms with van der Waals surface area (Å²) in [5.74, 6) is -0.413. The van der Waals surface area contributed by atoms with E-state index in [1.807, 2.05) is 4.90 Å². The first-order valence-corrected chi connectivity index (χ1v) is 8.01. The second-order valence-electron chi connectivity index (χ2n) is 5.65. The standard InChI is InChI=1S/C16H17ClFN5O/c17-14-9-11(15(19)24)16(22-21-14)23-7-5-10(6-8-23)20-13-4-2-1-3-12(13)18/h1-4,9-10,20H,5-8H2,(H2,19,24). The maximum atomic E-state index is 13.7. The van der Waals surface area contributed by atoms with Crippen LogP contribution in [0.4, 0.5) is 15.9 Å². The lowest BCUT2D eigenvalue weighted by molar-refractivity contribution is 0.1000. The molecule has 0 spiro atoms. The van der Waals surface area contributed by atoms with Gasteiger partial charge in [0.05, 0.1) is 11.3 Å². The van der Waals surface area contributed by atoms with E-state index in [1.54, 1.807) is 18.2 Å². The number of nitrogens with one attached hydrogen (secondary N) is 1. The van der Waals surface area contributed by atoms with Crippen molar-refractivity contribution in [2.45, 2.75) is 18.9 Å². The number of carbonyl (C=O) groups excluding carboxylic acids is 1. The molecule has 0 unspecified atom stereocenters. The van der Waals surface area contributed by atoms with Crippen LogP contribution in [0, 0.1) is 5.82 Å². The summed E-state index contributed by atoms with van der Waals surface area (Å²) in [6, 6.07) is 8.18. The Hall–Kier alpha value is -2.41. The summed E-state index contributed by atoms with van der Waals surface area (Å²) in [4.78, 5) is 13.5. The molecule has 0 bridgehead atoms. The maximum absolute atomic E-state index is 13.7. The highest BCUT2D eigenvalue weighted by Crippen LogP contribution is 2.25. The zero-order chi connectivity index (χ0) is 17.1. The summed E-state index contributed by atoms with van der Waals surface area (Å²) in [6.07, 6.45) is 1.55. The predicted molar refractivity (Wildman–Crippen MR) is 90.8 cm³/mol. The van der Waals surface area contributed by atoms with E-state index in [9.17, 15) is 9.18 Å². The summed E-state index contributed by atoms with van der Waals surface area (Å²) < 4.78 is 13.7. The molecule has 1 aromatic heterocycles. The molecule has 2 heterocycles.